The number of aryl methyl sites for hydroxylation is 1. The number of ether oxygens (including phenoxy) is 1. The Kier molecular flexibility index (Phi) is 4.18. The first-order valence-corrected chi connectivity index (χ1v) is 6.91. The third-order valence-electron chi connectivity index (χ3n) is 3.61. The van der Waals surface area contributed by atoms with E-state index < -0.39 is 11.5 Å². The van der Waals surface area contributed by atoms with Crippen molar-refractivity contribution in [1.82, 2.24) is 8.97 Å². The highest BCUT2D eigenvalue weighted by Gasteiger charge is 2.22. The summed E-state index contributed by atoms with van der Waals surface area (Å²) in [6, 6.07) is 2.13. The Bertz CT molecular complexity index is 866. The normalized spacial score (nSPS) is 10.5. The number of carbonyl (C=O) groups excluding carboxylic acids is 1. The van der Waals surface area contributed by atoms with Crippen LogP contribution in [0.15, 0.2) is 23.6 Å². The van der Waals surface area contributed by atoms with Crippen molar-refractivity contribution in [3.63, 3.8) is 0 Å². The van der Waals surface area contributed by atoms with Gasteiger partial charge in [0.1, 0.15) is 17.3 Å². The minimum atomic E-state index is -0.670. The molecule has 2 aromatic rings. The van der Waals surface area contributed by atoms with E-state index in [2.05, 4.69) is 12.6 Å². The maximum Gasteiger partial charge on any atom is 0.345 e. The predicted octanol–water partition coefficient (Wildman–Crippen LogP) is 1.95. The molecule has 0 spiro atoms. The molecule has 0 aliphatic rings. The Morgan fingerprint density at radius 1 is 1.50 bits per heavy atom. The number of carbonyl (C=O) groups is 1. The molecule has 2 aromatic heterocycles. The quantitative estimate of drug-likeness (QED) is 0.638. The number of allylic oxidation sites excluding steroid dienone is 1. The topological polar surface area (TPSA) is 76.5 Å². The van der Waals surface area contributed by atoms with Crippen molar-refractivity contribution in [2.24, 2.45) is 0 Å². The summed E-state index contributed by atoms with van der Waals surface area (Å²) >= 11 is 0. The number of nitriles is 1. The zero-order chi connectivity index (χ0) is 16.4. The molecule has 0 unspecified atom stereocenters. The number of hydrogen-bond acceptors (Lipinski definition) is 4. The average Bonchev–Trinajstić information content (AvgIpc) is 2.75. The lowest BCUT2D eigenvalue weighted by Gasteiger charge is -2.11. The van der Waals surface area contributed by atoms with Crippen LogP contribution in [0.4, 0.5) is 0 Å². The smallest absolute Gasteiger partial charge is 0.345 e. The minimum absolute atomic E-state index is 0.0567. The first-order valence-electron chi connectivity index (χ1n) is 6.91. The number of rotatable bonds is 4. The van der Waals surface area contributed by atoms with E-state index in [0.29, 0.717) is 23.4 Å². The van der Waals surface area contributed by atoms with Gasteiger partial charge >= 0.3 is 5.97 Å². The molecular weight excluding hydrogens is 282 g/mol. The van der Waals surface area contributed by atoms with Gasteiger partial charge in [0.05, 0.1) is 12.2 Å². The Balaban J connectivity index is 2.96. The molecule has 0 radical (unpaired) electrons. The van der Waals surface area contributed by atoms with Crippen LogP contribution in [-0.2, 0) is 11.3 Å². The number of fused-ring (bicyclic) bond motifs is 1. The van der Waals surface area contributed by atoms with Gasteiger partial charge in [0.25, 0.3) is 5.56 Å². The molecule has 0 aromatic carbocycles. The fourth-order valence-corrected chi connectivity index (χ4v) is 2.46. The van der Waals surface area contributed by atoms with E-state index in [-0.39, 0.29) is 12.2 Å². The Morgan fingerprint density at radius 2 is 2.18 bits per heavy atom. The summed E-state index contributed by atoms with van der Waals surface area (Å²) in [7, 11) is 0. The van der Waals surface area contributed by atoms with Crippen molar-refractivity contribution in [1.29, 1.82) is 5.26 Å². The van der Waals surface area contributed by atoms with Crippen molar-refractivity contribution in [2.45, 2.75) is 27.3 Å². The van der Waals surface area contributed by atoms with Crippen LogP contribution < -0.4 is 5.56 Å². The molecular formula is C16H17N3O3. The predicted molar refractivity (Wildman–Crippen MR) is 82.0 cm³/mol. The molecule has 0 saturated heterocycles. The van der Waals surface area contributed by atoms with E-state index in [1.165, 1.54) is 10.6 Å². The van der Waals surface area contributed by atoms with Gasteiger partial charge in [-0.2, -0.15) is 5.26 Å². The monoisotopic (exact) mass is 299 g/mol. The first-order chi connectivity index (χ1) is 10.5. The number of hydrogen-bond donors (Lipinski definition) is 0. The first kappa shape index (κ1) is 15.6. The zero-order valence-electron chi connectivity index (χ0n) is 12.8. The lowest BCUT2D eigenvalue weighted by molar-refractivity contribution is 0.0523. The Labute approximate surface area is 127 Å². The van der Waals surface area contributed by atoms with Gasteiger partial charge in [0.2, 0.25) is 0 Å². The van der Waals surface area contributed by atoms with Gasteiger partial charge in [0, 0.05) is 18.4 Å². The third kappa shape index (κ3) is 2.21. The lowest BCUT2D eigenvalue weighted by atomic mass is 10.2. The van der Waals surface area contributed by atoms with Crippen molar-refractivity contribution in [2.75, 3.05) is 6.61 Å². The van der Waals surface area contributed by atoms with Gasteiger partial charge in [-0.25, -0.2) is 4.79 Å². The minimum Gasteiger partial charge on any atom is -0.462 e. The summed E-state index contributed by atoms with van der Waals surface area (Å²) in [6.07, 6.45) is 3.06. The zero-order valence-corrected chi connectivity index (χ0v) is 12.8. The van der Waals surface area contributed by atoms with Crippen LogP contribution >= 0.6 is 0 Å². The van der Waals surface area contributed by atoms with E-state index in [4.69, 9.17) is 4.74 Å². The van der Waals surface area contributed by atoms with E-state index in [9.17, 15) is 14.9 Å². The van der Waals surface area contributed by atoms with Crippen LogP contribution in [0.5, 0.6) is 0 Å². The second-order valence-corrected chi connectivity index (χ2v) is 4.87. The lowest BCUT2D eigenvalue weighted by Crippen LogP contribution is -2.27. The van der Waals surface area contributed by atoms with Crippen LogP contribution in [0.3, 0.4) is 0 Å². The third-order valence-corrected chi connectivity index (χ3v) is 3.61. The molecule has 6 nitrogen and oxygen atoms in total. The van der Waals surface area contributed by atoms with Gasteiger partial charge < -0.3 is 9.30 Å². The average molecular weight is 299 g/mol. The number of esters is 1. The van der Waals surface area contributed by atoms with Crippen LogP contribution in [0.25, 0.3) is 5.65 Å². The second-order valence-electron chi connectivity index (χ2n) is 4.87. The van der Waals surface area contributed by atoms with Crippen LogP contribution in [0, 0.1) is 25.2 Å². The number of aromatic nitrogens is 2. The van der Waals surface area contributed by atoms with Crippen molar-refractivity contribution >= 4 is 11.6 Å². The highest BCUT2D eigenvalue weighted by atomic mass is 16.5. The van der Waals surface area contributed by atoms with Crippen molar-refractivity contribution in [3.8, 4) is 6.07 Å². The molecule has 0 saturated carbocycles. The molecule has 0 fully saturated rings. The second kappa shape index (κ2) is 5.90. The van der Waals surface area contributed by atoms with Gasteiger partial charge in [0.15, 0.2) is 0 Å². The van der Waals surface area contributed by atoms with Crippen molar-refractivity contribution in [3.05, 3.63) is 51.6 Å². The van der Waals surface area contributed by atoms with Gasteiger partial charge in [-0.1, -0.05) is 6.08 Å². The highest BCUT2D eigenvalue weighted by molar-refractivity contribution is 5.89. The molecule has 0 aliphatic carbocycles. The van der Waals surface area contributed by atoms with Crippen LogP contribution in [-0.4, -0.2) is 21.5 Å². The number of nitrogens with zero attached hydrogens (tertiary/aromatic N) is 3. The fourth-order valence-electron chi connectivity index (χ4n) is 2.46. The maximum atomic E-state index is 12.6. The van der Waals surface area contributed by atoms with Gasteiger partial charge in [-0.05, 0) is 26.3 Å². The summed E-state index contributed by atoms with van der Waals surface area (Å²) in [5.41, 5.74) is 1.72. The molecule has 22 heavy (non-hydrogen) atoms. The maximum absolute atomic E-state index is 12.6. The molecule has 0 atom stereocenters. The molecule has 6 heteroatoms. The summed E-state index contributed by atoms with van der Waals surface area (Å²) in [6.45, 7) is 9.43. The molecule has 2 rings (SSSR count). The molecule has 114 valence electrons. The van der Waals surface area contributed by atoms with Gasteiger partial charge in [-0.15, -0.1) is 6.58 Å². The standard InChI is InChI=1S/C16H17N3O3/c1-5-7-18-9-13(16(21)22-6-2)15(20)19-11(4)10(3)12(8-17)14(18)19/h5,9H,1,6-7H2,2-4H3. The van der Waals surface area contributed by atoms with E-state index >= 15 is 0 Å². The molecule has 0 aliphatic heterocycles. The fraction of sp³-hybridized carbons (Fsp3) is 0.312. The summed E-state index contributed by atoms with van der Waals surface area (Å²) in [5.74, 6) is -0.670. The van der Waals surface area contributed by atoms with Crippen LogP contribution in [0.1, 0.15) is 34.1 Å². The van der Waals surface area contributed by atoms with E-state index in [1.54, 1.807) is 31.4 Å². The van der Waals surface area contributed by atoms with Gasteiger partial charge in [-0.3, -0.25) is 9.20 Å². The molecule has 0 N–H and O–H groups in total. The molecule has 0 bridgehead atoms. The summed E-state index contributed by atoms with van der Waals surface area (Å²) in [4.78, 5) is 24.6. The Morgan fingerprint density at radius 3 is 2.73 bits per heavy atom. The Hall–Kier alpha value is -2.81. The largest absolute Gasteiger partial charge is 0.462 e. The van der Waals surface area contributed by atoms with E-state index in [0.717, 1.165) is 5.56 Å². The summed E-state index contributed by atoms with van der Waals surface area (Å²) < 4.78 is 8.00. The summed E-state index contributed by atoms with van der Waals surface area (Å²) in [5, 5.41) is 9.38. The molecule has 0 amide bonds. The van der Waals surface area contributed by atoms with Crippen molar-refractivity contribution < 1.29 is 9.53 Å². The van der Waals surface area contributed by atoms with Crippen LogP contribution in [0.2, 0.25) is 0 Å². The SMILES string of the molecule is C=CCn1cc(C(=O)OCC)c(=O)n2c(C)c(C)c(C#N)c12. The molecule has 2 heterocycles. The van der Waals surface area contributed by atoms with E-state index in [1.807, 2.05) is 0 Å². The highest BCUT2D eigenvalue weighted by Crippen LogP contribution is 2.21.